The number of rotatable bonds is 3. The van der Waals surface area contributed by atoms with Gasteiger partial charge in [0.25, 0.3) is 0 Å². The van der Waals surface area contributed by atoms with E-state index < -0.39 is 0 Å². The van der Waals surface area contributed by atoms with Crippen LogP contribution in [0.15, 0.2) is 41.4 Å². The number of amidine groups is 1. The number of nitrogens with one attached hydrogen (secondary N) is 2. The average molecular weight is 314 g/mol. The van der Waals surface area contributed by atoms with Crippen molar-refractivity contribution in [2.24, 2.45) is 4.99 Å². The number of halogens is 1. The maximum absolute atomic E-state index is 6.06. The highest BCUT2D eigenvalue weighted by Gasteiger charge is 2.14. The summed E-state index contributed by atoms with van der Waals surface area (Å²) in [5.41, 5.74) is 7.20. The first-order valence-corrected chi connectivity index (χ1v) is 7.44. The molecule has 1 aliphatic rings. The van der Waals surface area contributed by atoms with Gasteiger partial charge in [0.1, 0.15) is 11.0 Å². The number of aromatic nitrogens is 2. The Morgan fingerprint density at radius 1 is 1.23 bits per heavy atom. The van der Waals surface area contributed by atoms with E-state index in [4.69, 9.17) is 11.6 Å². The van der Waals surface area contributed by atoms with Gasteiger partial charge in [-0.25, -0.2) is 20.4 Å². The van der Waals surface area contributed by atoms with Gasteiger partial charge in [0.05, 0.1) is 0 Å². The third kappa shape index (κ3) is 3.90. The minimum atomic E-state index is 0.355. The van der Waals surface area contributed by atoms with Crippen LogP contribution in [0.3, 0.4) is 0 Å². The summed E-state index contributed by atoms with van der Waals surface area (Å²) in [6.45, 7) is 2.08. The standard InChI is InChI=1S/C16H16ClN5/c1-11-9-16(22-21-11)20-15-10-13(17)18-14(19-15)8-7-12-5-3-2-4-6-12/h2-8,10-11,21H,9H2,1H3,(H,18,19,20,22)/b8-7+. The third-order valence-corrected chi connectivity index (χ3v) is 3.33. The quantitative estimate of drug-likeness (QED) is 0.854. The Kier molecular flexibility index (Phi) is 4.46. The highest BCUT2D eigenvalue weighted by atomic mass is 35.5. The van der Waals surface area contributed by atoms with Crippen molar-refractivity contribution in [3.05, 3.63) is 52.9 Å². The normalized spacial score (nSPS) is 19.7. The van der Waals surface area contributed by atoms with Crippen LogP contribution in [-0.4, -0.2) is 21.8 Å². The number of nitrogens with zero attached hydrogens (tertiary/aromatic N) is 3. The summed E-state index contributed by atoms with van der Waals surface area (Å²) >= 11 is 6.06. The number of hydrazine groups is 1. The van der Waals surface area contributed by atoms with E-state index >= 15 is 0 Å². The molecule has 0 aliphatic carbocycles. The van der Waals surface area contributed by atoms with Gasteiger partial charge in [0, 0.05) is 18.5 Å². The Balaban J connectivity index is 1.82. The van der Waals surface area contributed by atoms with Crippen molar-refractivity contribution in [2.75, 3.05) is 0 Å². The molecule has 2 aromatic rings. The Labute approximate surface area is 134 Å². The molecule has 0 amide bonds. The molecule has 22 heavy (non-hydrogen) atoms. The van der Waals surface area contributed by atoms with Gasteiger partial charge in [-0.3, -0.25) is 0 Å². The van der Waals surface area contributed by atoms with Crippen molar-refractivity contribution in [1.29, 1.82) is 0 Å². The van der Waals surface area contributed by atoms with Crippen molar-refractivity contribution in [2.45, 2.75) is 19.4 Å². The zero-order valence-corrected chi connectivity index (χ0v) is 12.9. The highest BCUT2D eigenvalue weighted by Crippen LogP contribution is 2.17. The molecule has 2 N–H and O–H groups in total. The largest absolute Gasteiger partial charge is 0.309 e. The van der Waals surface area contributed by atoms with Gasteiger partial charge in [-0.15, -0.1) is 0 Å². The Bertz CT molecular complexity index is 712. The van der Waals surface area contributed by atoms with Gasteiger partial charge in [0.15, 0.2) is 11.6 Å². The zero-order valence-electron chi connectivity index (χ0n) is 12.1. The summed E-state index contributed by atoms with van der Waals surface area (Å²) in [5.74, 6) is 1.93. The first-order chi connectivity index (χ1) is 10.7. The number of benzene rings is 1. The zero-order chi connectivity index (χ0) is 15.4. The summed E-state index contributed by atoms with van der Waals surface area (Å²) < 4.78 is 0. The van der Waals surface area contributed by atoms with Crippen molar-refractivity contribution >= 4 is 35.4 Å². The summed E-state index contributed by atoms with van der Waals surface area (Å²) in [5, 5.41) is 0.376. The minimum Gasteiger partial charge on any atom is -0.309 e. The van der Waals surface area contributed by atoms with Crippen LogP contribution in [0.1, 0.15) is 24.7 Å². The lowest BCUT2D eigenvalue weighted by atomic mass is 10.2. The fourth-order valence-corrected chi connectivity index (χ4v) is 2.28. The predicted octanol–water partition coefficient (Wildman–Crippen LogP) is 3.22. The SMILES string of the molecule is CC1C/C(=N\c2cc(Cl)nc(/C=C/c3ccccc3)n2)NN1. The molecule has 0 spiro atoms. The fraction of sp³-hybridized carbons (Fsp3) is 0.188. The van der Waals surface area contributed by atoms with Crippen LogP contribution in [0.25, 0.3) is 12.2 Å². The molecule has 3 rings (SSSR count). The molecule has 2 heterocycles. The van der Waals surface area contributed by atoms with Crippen molar-refractivity contribution in [3.8, 4) is 0 Å². The van der Waals surface area contributed by atoms with Gasteiger partial charge in [-0.05, 0) is 18.6 Å². The van der Waals surface area contributed by atoms with Gasteiger partial charge in [-0.1, -0.05) is 48.0 Å². The lowest BCUT2D eigenvalue weighted by Gasteiger charge is -2.00. The molecule has 1 unspecified atom stereocenters. The molecule has 1 saturated heterocycles. The van der Waals surface area contributed by atoms with Crippen molar-refractivity contribution < 1.29 is 0 Å². The minimum absolute atomic E-state index is 0.355. The molecule has 0 radical (unpaired) electrons. The predicted molar refractivity (Wildman–Crippen MR) is 89.9 cm³/mol. The van der Waals surface area contributed by atoms with Crippen molar-refractivity contribution in [3.63, 3.8) is 0 Å². The molecular formula is C16H16ClN5. The Hall–Kier alpha value is -2.24. The van der Waals surface area contributed by atoms with E-state index in [1.807, 2.05) is 42.5 Å². The van der Waals surface area contributed by atoms with E-state index in [2.05, 4.69) is 32.7 Å². The summed E-state index contributed by atoms with van der Waals surface area (Å²) in [6.07, 6.45) is 4.60. The van der Waals surface area contributed by atoms with Crippen LogP contribution in [0.5, 0.6) is 0 Å². The lowest BCUT2D eigenvalue weighted by molar-refractivity contribution is 0.602. The second kappa shape index (κ2) is 6.68. The van der Waals surface area contributed by atoms with Crippen LogP contribution in [0.4, 0.5) is 5.82 Å². The maximum Gasteiger partial charge on any atom is 0.159 e. The average Bonchev–Trinajstić information content (AvgIpc) is 2.91. The molecule has 1 aliphatic heterocycles. The van der Waals surface area contributed by atoms with Crippen LogP contribution in [0, 0.1) is 0 Å². The summed E-state index contributed by atoms with van der Waals surface area (Å²) in [7, 11) is 0. The fourth-order valence-electron chi connectivity index (χ4n) is 2.10. The van der Waals surface area contributed by atoms with Gasteiger partial charge >= 0.3 is 0 Å². The van der Waals surface area contributed by atoms with E-state index in [9.17, 15) is 0 Å². The topological polar surface area (TPSA) is 62.2 Å². The number of hydrogen-bond donors (Lipinski definition) is 2. The van der Waals surface area contributed by atoms with Crippen LogP contribution in [-0.2, 0) is 0 Å². The van der Waals surface area contributed by atoms with E-state index in [0.717, 1.165) is 17.8 Å². The second-order valence-electron chi connectivity index (χ2n) is 5.08. The molecule has 0 saturated carbocycles. The maximum atomic E-state index is 6.06. The molecule has 6 heteroatoms. The Morgan fingerprint density at radius 2 is 2.05 bits per heavy atom. The molecular weight excluding hydrogens is 298 g/mol. The van der Waals surface area contributed by atoms with Crippen molar-refractivity contribution in [1.82, 2.24) is 20.8 Å². The summed E-state index contributed by atoms with van der Waals surface area (Å²) in [4.78, 5) is 13.1. The van der Waals surface area contributed by atoms with Gasteiger partial charge in [-0.2, -0.15) is 0 Å². The van der Waals surface area contributed by atoms with E-state index in [0.29, 0.717) is 22.8 Å². The molecule has 1 aromatic heterocycles. The van der Waals surface area contributed by atoms with Gasteiger partial charge < -0.3 is 5.43 Å². The second-order valence-corrected chi connectivity index (χ2v) is 5.47. The van der Waals surface area contributed by atoms with E-state index in [-0.39, 0.29) is 0 Å². The number of aliphatic imine (C=N–C) groups is 1. The third-order valence-electron chi connectivity index (χ3n) is 3.13. The first kappa shape index (κ1) is 14.7. The van der Waals surface area contributed by atoms with Crippen LogP contribution >= 0.6 is 11.6 Å². The molecule has 112 valence electrons. The molecule has 5 nitrogen and oxygen atoms in total. The molecule has 1 aromatic carbocycles. The van der Waals surface area contributed by atoms with Crippen LogP contribution < -0.4 is 10.9 Å². The summed E-state index contributed by atoms with van der Waals surface area (Å²) in [6, 6.07) is 12.0. The highest BCUT2D eigenvalue weighted by molar-refractivity contribution is 6.29. The molecule has 1 atom stereocenters. The molecule has 1 fully saturated rings. The first-order valence-electron chi connectivity index (χ1n) is 7.06. The Morgan fingerprint density at radius 3 is 2.77 bits per heavy atom. The monoisotopic (exact) mass is 313 g/mol. The van der Waals surface area contributed by atoms with E-state index in [1.54, 1.807) is 6.07 Å². The van der Waals surface area contributed by atoms with Gasteiger partial charge in [0.2, 0.25) is 0 Å². The number of hydrogen-bond acceptors (Lipinski definition) is 4. The van der Waals surface area contributed by atoms with E-state index in [1.165, 1.54) is 0 Å². The van der Waals surface area contributed by atoms with Crippen LogP contribution in [0.2, 0.25) is 5.15 Å². The molecule has 0 bridgehead atoms. The lowest BCUT2D eigenvalue weighted by Crippen LogP contribution is -2.29. The smallest absolute Gasteiger partial charge is 0.159 e.